The largest absolute Gasteiger partial charge is 0.298 e. The van der Waals surface area contributed by atoms with Crippen molar-refractivity contribution in [1.82, 2.24) is 0 Å². The summed E-state index contributed by atoms with van der Waals surface area (Å²) in [7, 11) is 0. The van der Waals surface area contributed by atoms with Crippen LogP contribution in [0.5, 0.6) is 0 Å². The Bertz CT molecular complexity index is 976. The lowest BCUT2D eigenvalue weighted by molar-refractivity contribution is 0.111. The zero-order valence-corrected chi connectivity index (χ0v) is 11.7. The number of rotatable bonds is 2. The van der Waals surface area contributed by atoms with E-state index in [0.29, 0.717) is 11.1 Å². The van der Waals surface area contributed by atoms with Crippen molar-refractivity contribution in [3.05, 3.63) is 71.8 Å². The fourth-order valence-corrected chi connectivity index (χ4v) is 3.18. The molecule has 0 aliphatic rings. The molecule has 4 rings (SSSR count). The second kappa shape index (κ2) is 4.78. The lowest BCUT2D eigenvalue weighted by Gasteiger charge is -2.11. The number of hydrogen-bond donors (Lipinski definition) is 0. The maximum absolute atomic E-state index is 11.7. The standard InChI is InChI=1S/C20H12O2/c21-11-19-15-7-3-4-8-16(15)20(12-22)18-10-14-6-2-1-5-13(14)9-17(18)19/h1-12H. The lowest BCUT2D eigenvalue weighted by Crippen LogP contribution is -1.94. The molecule has 0 N–H and O–H groups in total. The molecule has 0 atom stereocenters. The van der Waals surface area contributed by atoms with E-state index in [9.17, 15) is 9.59 Å². The molecule has 2 nitrogen and oxygen atoms in total. The van der Waals surface area contributed by atoms with Crippen LogP contribution in [-0.2, 0) is 0 Å². The number of fused-ring (bicyclic) bond motifs is 3. The highest BCUT2D eigenvalue weighted by molar-refractivity contribution is 6.22. The molecule has 0 saturated heterocycles. The van der Waals surface area contributed by atoms with Gasteiger partial charge in [-0.1, -0.05) is 48.5 Å². The molecule has 22 heavy (non-hydrogen) atoms. The van der Waals surface area contributed by atoms with Crippen LogP contribution < -0.4 is 0 Å². The van der Waals surface area contributed by atoms with E-state index in [2.05, 4.69) is 0 Å². The summed E-state index contributed by atoms with van der Waals surface area (Å²) in [5.74, 6) is 0. The zero-order valence-electron chi connectivity index (χ0n) is 11.7. The summed E-state index contributed by atoms with van der Waals surface area (Å²) in [4.78, 5) is 23.4. The Kier molecular flexibility index (Phi) is 2.76. The van der Waals surface area contributed by atoms with Gasteiger partial charge in [-0.25, -0.2) is 0 Å². The van der Waals surface area contributed by atoms with Gasteiger partial charge >= 0.3 is 0 Å². The van der Waals surface area contributed by atoms with E-state index < -0.39 is 0 Å². The topological polar surface area (TPSA) is 34.1 Å². The Morgan fingerprint density at radius 1 is 0.545 bits per heavy atom. The van der Waals surface area contributed by atoms with Crippen LogP contribution in [0, 0.1) is 0 Å². The minimum atomic E-state index is 0.641. The molecule has 4 aromatic rings. The van der Waals surface area contributed by atoms with E-state index in [1.807, 2.05) is 60.7 Å². The van der Waals surface area contributed by atoms with Gasteiger partial charge < -0.3 is 0 Å². The maximum atomic E-state index is 11.7. The van der Waals surface area contributed by atoms with E-state index in [-0.39, 0.29) is 0 Å². The molecule has 0 heterocycles. The van der Waals surface area contributed by atoms with Crippen molar-refractivity contribution in [2.45, 2.75) is 0 Å². The first kappa shape index (κ1) is 12.7. The monoisotopic (exact) mass is 284 g/mol. The summed E-state index contributed by atoms with van der Waals surface area (Å²) in [6, 6.07) is 19.5. The van der Waals surface area contributed by atoms with Crippen molar-refractivity contribution in [2.24, 2.45) is 0 Å². The van der Waals surface area contributed by atoms with Gasteiger partial charge in [0.15, 0.2) is 12.6 Å². The Balaban J connectivity index is 2.35. The predicted octanol–water partition coefficient (Wildman–Crippen LogP) is 4.77. The van der Waals surface area contributed by atoms with Crippen LogP contribution in [0.25, 0.3) is 32.3 Å². The van der Waals surface area contributed by atoms with Crippen molar-refractivity contribution in [3.8, 4) is 0 Å². The summed E-state index contributed by atoms with van der Waals surface area (Å²) in [5.41, 5.74) is 1.28. The van der Waals surface area contributed by atoms with E-state index >= 15 is 0 Å². The minimum Gasteiger partial charge on any atom is -0.298 e. The van der Waals surface area contributed by atoms with Crippen LogP contribution in [-0.4, -0.2) is 12.6 Å². The van der Waals surface area contributed by atoms with Gasteiger partial charge in [0.2, 0.25) is 0 Å². The van der Waals surface area contributed by atoms with Gasteiger partial charge in [0.05, 0.1) is 0 Å². The SMILES string of the molecule is O=Cc1c2ccccc2c(C=O)c2cc3ccccc3cc12. The normalized spacial score (nSPS) is 11.1. The maximum Gasteiger partial charge on any atom is 0.151 e. The van der Waals surface area contributed by atoms with Crippen molar-refractivity contribution >= 4 is 44.9 Å². The predicted molar refractivity (Wildman–Crippen MR) is 89.7 cm³/mol. The second-order valence-electron chi connectivity index (χ2n) is 5.35. The number of benzene rings is 4. The first-order valence-electron chi connectivity index (χ1n) is 7.11. The van der Waals surface area contributed by atoms with Crippen molar-refractivity contribution in [1.29, 1.82) is 0 Å². The quantitative estimate of drug-likeness (QED) is 0.392. The highest BCUT2D eigenvalue weighted by Crippen LogP contribution is 2.33. The van der Waals surface area contributed by atoms with E-state index in [1.54, 1.807) is 0 Å². The molecule has 0 fully saturated rings. The molecule has 2 heteroatoms. The van der Waals surface area contributed by atoms with Crippen molar-refractivity contribution in [3.63, 3.8) is 0 Å². The van der Waals surface area contributed by atoms with Gasteiger partial charge in [0.25, 0.3) is 0 Å². The molecule has 0 amide bonds. The molecule has 104 valence electrons. The molecular formula is C20H12O2. The van der Waals surface area contributed by atoms with Crippen LogP contribution in [0.15, 0.2) is 60.7 Å². The number of carbonyl (C=O) groups excluding carboxylic acids is 2. The van der Waals surface area contributed by atoms with Crippen LogP contribution in [0.1, 0.15) is 20.7 Å². The first-order chi connectivity index (χ1) is 10.8. The molecule has 0 spiro atoms. The molecule has 0 unspecified atom stereocenters. The Labute approximate surface area is 127 Å². The van der Waals surface area contributed by atoms with E-state index in [4.69, 9.17) is 0 Å². The third-order valence-electron chi connectivity index (χ3n) is 4.21. The van der Waals surface area contributed by atoms with Gasteiger partial charge in [-0.05, 0) is 44.5 Å². The lowest BCUT2D eigenvalue weighted by atomic mass is 9.91. The van der Waals surface area contributed by atoms with Crippen LogP contribution >= 0.6 is 0 Å². The molecule has 0 aromatic heterocycles. The summed E-state index contributed by atoms with van der Waals surface area (Å²) in [6.45, 7) is 0. The number of hydrogen-bond acceptors (Lipinski definition) is 2. The Hall–Kier alpha value is -3.00. The Morgan fingerprint density at radius 2 is 0.955 bits per heavy atom. The summed E-state index contributed by atoms with van der Waals surface area (Å²) in [6.07, 6.45) is 1.77. The fourth-order valence-electron chi connectivity index (χ4n) is 3.18. The highest BCUT2D eigenvalue weighted by atomic mass is 16.1. The Morgan fingerprint density at radius 3 is 1.36 bits per heavy atom. The molecule has 4 aromatic carbocycles. The average Bonchev–Trinajstić information content (AvgIpc) is 2.58. The number of aldehydes is 2. The van der Waals surface area contributed by atoms with Gasteiger partial charge in [-0.3, -0.25) is 9.59 Å². The smallest absolute Gasteiger partial charge is 0.151 e. The average molecular weight is 284 g/mol. The summed E-state index contributed by atoms with van der Waals surface area (Å²) >= 11 is 0. The van der Waals surface area contributed by atoms with Crippen LogP contribution in [0.4, 0.5) is 0 Å². The van der Waals surface area contributed by atoms with Crippen molar-refractivity contribution < 1.29 is 9.59 Å². The van der Waals surface area contributed by atoms with E-state index in [0.717, 1.165) is 44.9 Å². The second-order valence-corrected chi connectivity index (χ2v) is 5.35. The minimum absolute atomic E-state index is 0.641. The molecular weight excluding hydrogens is 272 g/mol. The summed E-state index contributed by atoms with van der Waals surface area (Å²) in [5, 5.41) is 5.42. The van der Waals surface area contributed by atoms with Crippen LogP contribution in [0.3, 0.4) is 0 Å². The first-order valence-corrected chi connectivity index (χ1v) is 7.11. The van der Waals surface area contributed by atoms with Crippen molar-refractivity contribution in [2.75, 3.05) is 0 Å². The zero-order chi connectivity index (χ0) is 15.1. The number of carbonyl (C=O) groups is 2. The third kappa shape index (κ3) is 1.67. The fraction of sp³-hybridized carbons (Fsp3) is 0. The molecule has 0 aliphatic heterocycles. The van der Waals surface area contributed by atoms with Gasteiger partial charge in [0.1, 0.15) is 0 Å². The molecule has 0 radical (unpaired) electrons. The van der Waals surface area contributed by atoms with Gasteiger partial charge in [-0.15, -0.1) is 0 Å². The van der Waals surface area contributed by atoms with Gasteiger partial charge in [-0.2, -0.15) is 0 Å². The molecule has 0 aliphatic carbocycles. The molecule has 0 saturated carbocycles. The summed E-state index contributed by atoms with van der Waals surface area (Å²) < 4.78 is 0. The third-order valence-corrected chi connectivity index (χ3v) is 4.21. The molecule has 0 bridgehead atoms. The van der Waals surface area contributed by atoms with E-state index in [1.165, 1.54) is 0 Å². The van der Waals surface area contributed by atoms with Crippen LogP contribution in [0.2, 0.25) is 0 Å². The van der Waals surface area contributed by atoms with Gasteiger partial charge in [0, 0.05) is 11.1 Å². The highest BCUT2D eigenvalue weighted by Gasteiger charge is 2.13.